The molecule has 1 aromatic carbocycles. The highest BCUT2D eigenvalue weighted by atomic mass is 16.5. The molecule has 0 aliphatic carbocycles. The summed E-state index contributed by atoms with van der Waals surface area (Å²) in [5.74, 6) is 1.03. The zero-order valence-electron chi connectivity index (χ0n) is 12.4. The normalized spacial score (nSPS) is 21.0. The van der Waals surface area contributed by atoms with E-state index in [0.717, 1.165) is 26.0 Å². The van der Waals surface area contributed by atoms with Gasteiger partial charge in [0.05, 0.1) is 11.7 Å². The number of aromatic nitrogens is 1. The van der Waals surface area contributed by atoms with Crippen molar-refractivity contribution in [3.63, 3.8) is 0 Å². The summed E-state index contributed by atoms with van der Waals surface area (Å²) in [7, 11) is 0. The van der Waals surface area contributed by atoms with Gasteiger partial charge in [0, 0.05) is 25.3 Å². The molecule has 1 aromatic heterocycles. The average molecular weight is 293 g/mol. The van der Waals surface area contributed by atoms with Crippen molar-refractivity contribution < 1.29 is 4.74 Å². The molecule has 3 rings (SSSR count). The van der Waals surface area contributed by atoms with Crippen LogP contribution in [-0.2, 0) is 4.74 Å². The number of hydrogen-bond acceptors (Lipinski definition) is 4. The van der Waals surface area contributed by atoms with E-state index in [9.17, 15) is 0 Å². The van der Waals surface area contributed by atoms with Crippen LogP contribution in [0.3, 0.4) is 0 Å². The lowest BCUT2D eigenvalue weighted by molar-refractivity contribution is -0.0238. The fourth-order valence-corrected chi connectivity index (χ4v) is 2.93. The number of ether oxygens (including phenoxy) is 1. The first-order valence-corrected chi connectivity index (χ1v) is 7.64. The van der Waals surface area contributed by atoms with E-state index in [1.54, 1.807) is 18.3 Å². The number of anilines is 1. The van der Waals surface area contributed by atoms with E-state index >= 15 is 0 Å². The van der Waals surface area contributed by atoms with Crippen LogP contribution in [0.5, 0.6) is 0 Å². The lowest BCUT2D eigenvalue weighted by atomic mass is 9.89. The van der Waals surface area contributed by atoms with Gasteiger partial charge in [0.15, 0.2) is 0 Å². The van der Waals surface area contributed by atoms with Crippen molar-refractivity contribution in [1.82, 2.24) is 4.98 Å². The van der Waals surface area contributed by atoms with Crippen molar-refractivity contribution >= 4 is 5.82 Å². The SMILES string of the molecule is N#Cc1cccnc1NC[C@@H]1CCCO[C@H]1c1ccccc1. The lowest BCUT2D eigenvalue weighted by Gasteiger charge is -2.32. The molecule has 4 nitrogen and oxygen atoms in total. The monoisotopic (exact) mass is 293 g/mol. The summed E-state index contributed by atoms with van der Waals surface area (Å²) in [4.78, 5) is 4.26. The predicted octanol–water partition coefficient (Wildman–Crippen LogP) is 3.53. The van der Waals surface area contributed by atoms with E-state index in [1.165, 1.54) is 5.56 Å². The molecule has 0 radical (unpaired) electrons. The van der Waals surface area contributed by atoms with E-state index < -0.39 is 0 Å². The molecular formula is C18H19N3O. The highest BCUT2D eigenvalue weighted by Crippen LogP contribution is 2.33. The van der Waals surface area contributed by atoms with E-state index in [-0.39, 0.29) is 6.10 Å². The molecule has 0 spiro atoms. The fraction of sp³-hybridized carbons (Fsp3) is 0.333. The number of benzene rings is 1. The van der Waals surface area contributed by atoms with Gasteiger partial charge in [-0.25, -0.2) is 4.98 Å². The van der Waals surface area contributed by atoms with Gasteiger partial charge >= 0.3 is 0 Å². The molecule has 2 heterocycles. The molecule has 1 N–H and O–H groups in total. The van der Waals surface area contributed by atoms with Crippen LogP contribution in [-0.4, -0.2) is 18.1 Å². The maximum Gasteiger partial charge on any atom is 0.143 e. The third kappa shape index (κ3) is 3.26. The minimum atomic E-state index is 0.108. The molecule has 2 aromatic rings. The molecule has 0 amide bonds. The molecule has 0 unspecified atom stereocenters. The Morgan fingerprint density at radius 1 is 1.23 bits per heavy atom. The number of pyridine rings is 1. The van der Waals surface area contributed by atoms with Gasteiger partial charge in [0.25, 0.3) is 0 Å². The molecule has 2 atom stereocenters. The smallest absolute Gasteiger partial charge is 0.143 e. The largest absolute Gasteiger partial charge is 0.373 e. The summed E-state index contributed by atoms with van der Waals surface area (Å²) in [5.41, 5.74) is 1.80. The number of nitrogens with one attached hydrogen (secondary N) is 1. The van der Waals surface area contributed by atoms with E-state index in [4.69, 9.17) is 10.00 Å². The molecule has 0 bridgehead atoms. The summed E-state index contributed by atoms with van der Waals surface area (Å²) in [5, 5.41) is 12.5. The van der Waals surface area contributed by atoms with Crippen molar-refractivity contribution in [1.29, 1.82) is 5.26 Å². The first-order chi connectivity index (χ1) is 10.9. The van der Waals surface area contributed by atoms with Crippen molar-refractivity contribution in [3.05, 3.63) is 59.8 Å². The maximum absolute atomic E-state index is 9.13. The molecule has 1 aliphatic rings. The lowest BCUT2D eigenvalue weighted by Crippen LogP contribution is -2.28. The quantitative estimate of drug-likeness (QED) is 0.937. The van der Waals surface area contributed by atoms with Crippen molar-refractivity contribution in [2.45, 2.75) is 18.9 Å². The van der Waals surface area contributed by atoms with Crippen LogP contribution in [0.1, 0.15) is 30.1 Å². The summed E-state index contributed by atoms with van der Waals surface area (Å²) in [6.07, 6.45) is 4.00. The molecule has 112 valence electrons. The number of nitriles is 1. The van der Waals surface area contributed by atoms with E-state index in [1.807, 2.05) is 18.2 Å². The van der Waals surface area contributed by atoms with Crippen molar-refractivity contribution in [2.75, 3.05) is 18.5 Å². The Balaban J connectivity index is 1.71. The third-order valence-electron chi connectivity index (χ3n) is 4.03. The molecular weight excluding hydrogens is 274 g/mol. The van der Waals surface area contributed by atoms with Gasteiger partial charge < -0.3 is 10.1 Å². The van der Waals surface area contributed by atoms with Gasteiger partial charge in [-0.05, 0) is 30.5 Å². The summed E-state index contributed by atoms with van der Waals surface area (Å²) >= 11 is 0. The Morgan fingerprint density at radius 2 is 2.09 bits per heavy atom. The predicted molar refractivity (Wildman–Crippen MR) is 85.3 cm³/mol. The van der Waals surface area contributed by atoms with Gasteiger partial charge in [0.2, 0.25) is 0 Å². The Kier molecular flexibility index (Phi) is 4.67. The number of hydrogen-bond donors (Lipinski definition) is 1. The highest BCUT2D eigenvalue weighted by Gasteiger charge is 2.27. The molecule has 1 fully saturated rings. The van der Waals surface area contributed by atoms with Crippen LogP contribution in [0.2, 0.25) is 0 Å². The van der Waals surface area contributed by atoms with Crippen molar-refractivity contribution in [2.24, 2.45) is 5.92 Å². The molecule has 0 saturated carbocycles. The number of nitrogens with zero attached hydrogens (tertiary/aromatic N) is 2. The first kappa shape index (κ1) is 14.6. The van der Waals surface area contributed by atoms with Crippen LogP contribution >= 0.6 is 0 Å². The standard InChI is InChI=1S/C18H19N3O/c19-12-15-8-4-10-20-18(15)21-13-16-9-5-11-22-17(16)14-6-2-1-3-7-14/h1-4,6-8,10,16-17H,5,9,11,13H2,(H,20,21)/t16-,17-/m0/s1. The Bertz CT molecular complexity index is 651. The van der Waals surface area contributed by atoms with Gasteiger partial charge in [-0.15, -0.1) is 0 Å². The average Bonchev–Trinajstić information content (AvgIpc) is 2.61. The van der Waals surface area contributed by atoms with Crippen LogP contribution in [0.15, 0.2) is 48.7 Å². The maximum atomic E-state index is 9.13. The Morgan fingerprint density at radius 3 is 2.91 bits per heavy atom. The van der Waals surface area contributed by atoms with Crippen molar-refractivity contribution in [3.8, 4) is 6.07 Å². The van der Waals surface area contributed by atoms with Gasteiger partial charge in [-0.2, -0.15) is 5.26 Å². The second-order valence-corrected chi connectivity index (χ2v) is 5.50. The van der Waals surface area contributed by atoms with Gasteiger partial charge in [0.1, 0.15) is 11.9 Å². The zero-order valence-corrected chi connectivity index (χ0v) is 12.4. The van der Waals surface area contributed by atoms with Gasteiger partial charge in [-0.1, -0.05) is 30.3 Å². The van der Waals surface area contributed by atoms with Gasteiger partial charge in [-0.3, -0.25) is 0 Å². The second kappa shape index (κ2) is 7.06. The summed E-state index contributed by atoms with van der Waals surface area (Å²) in [6, 6.07) is 16.1. The molecule has 1 saturated heterocycles. The summed E-state index contributed by atoms with van der Waals surface area (Å²) < 4.78 is 6.00. The van der Waals surface area contributed by atoms with Crippen LogP contribution in [0.25, 0.3) is 0 Å². The Labute approximate surface area is 130 Å². The topological polar surface area (TPSA) is 57.9 Å². The molecule has 4 heteroatoms. The highest BCUT2D eigenvalue weighted by molar-refractivity contribution is 5.51. The zero-order chi connectivity index (χ0) is 15.2. The minimum absolute atomic E-state index is 0.108. The first-order valence-electron chi connectivity index (χ1n) is 7.64. The van der Waals surface area contributed by atoms with E-state index in [0.29, 0.717) is 17.3 Å². The van der Waals surface area contributed by atoms with Crippen LogP contribution in [0, 0.1) is 17.2 Å². The Hall–Kier alpha value is -2.38. The minimum Gasteiger partial charge on any atom is -0.373 e. The number of rotatable bonds is 4. The molecule has 1 aliphatic heterocycles. The second-order valence-electron chi connectivity index (χ2n) is 5.50. The molecule has 22 heavy (non-hydrogen) atoms. The third-order valence-corrected chi connectivity index (χ3v) is 4.03. The van der Waals surface area contributed by atoms with E-state index in [2.05, 4.69) is 28.5 Å². The van der Waals surface area contributed by atoms with Crippen LogP contribution < -0.4 is 5.32 Å². The van der Waals surface area contributed by atoms with Crippen LogP contribution in [0.4, 0.5) is 5.82 Å². The fourth-order valence-electron chi connectivity index (χ4n) is 2.93. The summed E-state index contributed by atoms with van der Waals surface area (Å²) in [6.45, 7) is 1.56.